The maximum Gasteiger partial charge on any atom is 0.154 e. The molecule has 1 rings (SSSR count). The first kappa shape index (κ1) is 6.46. The van der Waals surface area contributed by atoms with E-state index in [1.54, 1.807) is 6.92 Å². The van der Waals surface area contributed by atoms with Gasteiger partial charge in [-0.1, -0.05) is 0 Å². The Bertz CT molecular complexity index is 160. The molecule has 1 heterocycles. The van der Waals surface area contributed by atoms with Crippen LogP contribution in [-0.2, 0) is 4.79 Å². The van der Waals surface area contributed by atoms with Crippen molar-refractivity contribution in [2.24, 2.45) is 4.99 Å². The largest absolute Gasteiger partial charge is 0.298 e. The Morgan fingerprint density at radius 1 is 1.78 bits per heavy atom. The molecular formula is C7H11NO. The Kier molecular flexibility index (Phi) is 1.65. The van der Waals surface area contributed by atoms with Crippen molar-refractivity contribution in [3.63, 3.8) is 0 Å². The van der Waals surface area contributed by atoms with Gasteiger partial charge in [0.25, 0.3) is 0 Å². The molecule has 0 saturated heterocycles. The Hall–Kier alpha value is -0.660. The van der Waals surface area contributed by atoms with Crippen molar-refractivity contribution in [1.29, 1.82) is 0 Å². The van der Waals surface area contributed by atoms with E-state index in [-0.39, 0.29) is 11.8 Å². The molecule has 0 radical (unpaired) electrons. The molecule has 1 aliphatic heterocycles. The van der Waals surface area contributed by atoms with E-state index in [9.17, 15) is 4.79 Å². The normalized spacial score (nSPS) is 26.0. The predicted molar refractivity (Wildman–Crippen MR) is 36.8 cm³/mol. The summed E-state index contributed by atoms with van der Waals surface area (Å²) in [5, 5.41) is 0. The first-order chi connectivity index (χ1) is 4.20. The van der Waals surface area contributed by atoms with Crippen LogP contribution in [0.1, 0.15) is 26.7 Å². The third-order valence-electron chi connectivity index (χ3n) is 1.63. The highest BCUT2D eigenvalue weighted by atomic mass is 16.1. The van der Waals surface area contributed by atoms with Crippen LogP contribution in [0.2, 0.25) is 0 Å². The Balaban J connectivity index is 2.57. The predicted octanol–water partition coefficient (Wildman–Crippen LogP) is 1.20. The third-order valence-corrected chi connectivity index (χ3v) is 1.63. The average Bonchev–Trinajstić information content (AvgIpc) is 2.14. The fourth-order valence-electron chi connectivity index (χ4n) is 1.03. The standard InChI is InChI=1S/C7H11NO/c1-5-3-4-7(8-5)6(2)9/h7H,3-4H2,1-2H3/t7-/m0/s1. The summed E-state index contributed by atoms with van der Waals surface area (Å²) in [4.78, 5) is 14.8. The lowest BCUT2D eigenvalue weighted by atomic mass is 10.1. The number of ketones is 1. The lowest BCUT2D eigenvalue weighted by Crippen LogP contribution is -2.10. The summed E-state index contributed by atoms with van der Waals surface area (Å²) >= 11 is 0. The Morgan fingerprint density at radius 2 is 2.44 bits per heavy atom. The molecule has 1 atom stereocenters. The van der Waals surface area contributed by atoms with E-state index < -0.39 is 0 Å². The highest BCUT2D eigenvalue weighted by molar-refractivity contribution is 5.91. The van der Waals surface area contributed by atoms with E-state index in [2.05, 4.69) is 4.99 Å². The van der Waals surface area contributed by atoms with Gasteiger partial charge in [-0.2, -0.15) is 0 Å². The second-order valence-corrected chi connectivity index (χ2v) is 2.53. The fourth-order valence-corrected chi connectivity index (χ4v) is 1.03. The molecule has 1 aliphatic rings. The summed E-state index contributed by atoms with van der Waals surface area (Å²) in [6, 6.07) is -0.00926. The van der Waals surface area contributed by atoms with Crippen LogP contribution in [0, 0.1) is 0 Å². The number of hydrogen-bond donors (Lipinski definition) is 0. The lowest BCUT2D eigenvalue weighted by Gasteiger charge is -1.96. The van der Waals surface area contributed by atoms with E-state index in [0.717, 1.165) is 18.6 Å². The van der Waals surface area contributed by atoms with Crippen LogP contribution < -0.4 is 0 Å². The van der Waals surface area contributed by atoms with Crippen molar-refractivity contribution in [2.45, 2.75) is 32.7 Å². The van der Waals surface area contributed by atoms with Crippen LogP contribution in [0.4, 0.5) is 0 Å². The van der Waals surface area contributed by atoms with Gasteiger partial charge in [0.1, 0.15) is 6.04 Å². The molecule has 50 valence electrons. The zero-order valence-corrected chi connectivity index (χ0v) is 5.85. The van der Waals surface area contributed by atoms with Crippen LogP contribution in [0.15, 0.2) is 4.99 Å². The molecule has 0 aromatic heterocycles. The van der Waals surface area contributed by atoms with E-state index in [4.69, 9.17) is 0 Å². The maximum absolute atomic E-state index is 10.7. The number of aliphatic imine (C=N–C) groups is 1. The summed E-state index contributed by atoms with van der Waals surface area (Å²) in [6.07, 6.45) is 1.94. The smallest absolute Gasteiger partial charge is 0.154 e. The number of carbonyl (C=O) groups excluding carboxylic acids is 1. The summed E-state index contributed by atoms with van der Waals surface area (Å²) in [5.41, 5.74) is 1.12. The summed E-state index contributed by atoms with van der Waals surface area (Å²) < 4.78 is 0. The molecule has 0 aromatic carbocycles. The molecule has 0 aliphatic carbocycles. The average molecular weight is 125 g/mol. The molecule has 0 fully saturated rings. The zero-order valence-electron chi connectivity index (χ0n) is 5.85. The van der Waals surface area contributed by atoms with E-state index in [0.29, 0.717) is 0 Å². The van der Waals surface area contributed by atoms with Gasteiger partial charge in [0, 0.05) is 5.71 Å². The molecule has 0 bridgehead atoms. The van der Waals surface area contributed by atoms with Crippen molar-refractivity contribution in [1.82, 2.24) is 0 Å². The van der Waals surface area contributed by atoms with Crippen LogP contribution in [0.25, 0.3) is 0 Å². The van der Waals surface area contributed by atoms with Crippen LogP contribution >= 0.6 is 0 Å². The minimum atomic E-state index is -0.00926. The molecular weight excluding hydrogens is 114 g/mol. The van der Waals surface area contributed by atoms with Crippen molar-refractivity contribution >= 4 is 11.5 Å². The monoisotopic (exact) mass is 125 g/mol. The Labute approximate surface area is 55.0 Å². The van der Waals surface area contributed by atoms with Gasteiger partial charge in [-0.15, -0.1) is 0 Å². The van der Waals surface area contributed by atoms with Gasteiger partial charge in [0.05, 0.1) is 0 Å². The topological polar surface area (TPSA) is 29.4 Å². The molecule has 0 N–H and O–H groups in total. The minimum absolute atomic E-state index is 0.00926. The minimum Gasteiger partial charge on any atom is -0.298 e. The molecule has 0 aromatic rings. The second kappa shape index (κ2) is 2.29. The first-order valence-electron chi connectivity index (χ1n) is 3.24. The van der Waals surface area contributed by atoms with E-state index in [1.807, 2.05) is 6.92 Å². The number of nitrogens with zero attached hydrogens (tertiary/aromatic N) is 1. The third kappa shape index (κ3) is 1.37. The van der Waals surface area contributed by atoms with E-state index >= 15 is 0 Å². The molecule has 9 heavy (non-hydrogen) atoms. The quantitative estimate of drug-likeness (QED) is 0.517. The van der Waals surface area contributed by atoms with Crippen LogP contribution in [0.3, 0.4) is 0 Å². The summed E-state index contributed by atoms with van der Waals surface area (Å²) in [5.74, 6) is 0.201. The number of rotatable bonds is 1. The Morgan fingerprint density at radius 3 is 2.67 bits per heavy atom. The van der Waals surface area contributed by atoms with Gasteiger partial charge in [-0.05, 0) is 26.7 Å². The van der Waals surface area contributed by atoms with Gasteiger partial charge in [-0.3, -0.25) is 9.79 Å². The van der Waals surface area contributed by atoms with Gasteiger partial charge < -0.3 is 0 Å². The number of carbonyl (C=O) groups is 1. The van der Waals surface area contributed by atoms with Crippen molar-refractivity contribution in [2.75, 3.05) is 0 Å². The highest BCUT2D eigenvalue weighted by Gasteiger charge is 2.17. The van der Waals surface area contributed by atoms with Gasteiger partial charge in [0.15, 0.2) is 5.78 Å². The van der Waals surface area contributed by atoms with Crippen LogP contribution in [-0.4, -0.2) is 17.5 Å². The van der Waals surface area contributed by atoms with Gasteiger partial charge in [-0.25, -0.2) is 0 Å². The van der Waals surface area contributed by atoms with Gasteiger partial charge >= 0.3 is 0 Å². The summed E-state index contributed by atoms with van der Waals surface area (Å²) in [7, 11) is 0. The molecule has 0 spiro atoms. The maximum atomic E-state index is 10.7. The zero-order chi connectivity index (χ0) is 6.85. The number of Topliss-reactive ketones (excluding diaryl/α,β-unsaturated/α-hetero) is 1. The molecule has 0 saturated carbocycles. The summed E-state index contributed by atoms with van der Waals surface area (Å²) in [6.45, 7) is 3.58. The first-order valence-corrected chi connectivity index (χ1v) is 3.24. The van der Waals surface area contributed by atoms with Crippen molar-refractivity contribution in [3.8, 4) is 0 Å². The highest BCUT2D eigenvalue weighted by Crippen LogP contribution is 2.12. The SMILES string of the molecule is CC(=O)[C@@H]1CCC(C)=N1. The molecule has 0 unspecified atom stereocenters. The van der Waals surface area contributed by atoms with Crippen molar-refractivity contribution in [3.05, 3.63) is 0 Å². The fraction of sp³-hybridized carbons (Fsp3) is 0.714. The molecule has 0 amide bonds. The number of hydrogen-bond acceptors (Lipinski definition) is 2. The van der Waals surface area contributed by atoms with Crippen molar-refractivity contribution < 1.29 is 4.79 Å². The van der Waals surface area contributed by atoms with Gasteiger partial charge in [0.2, 0.25) is 0 Å². The lowest BCUT2D eigenvalue weighted by molar-refractivity contribution is -0.118. The molecule has 2 nitrogen and oxygen atoms in total. The molecule has 2 heteroatoms. The second-order valence-electron chi connectivity index (χ2n) is 2.53. The van der Waals surface area contributed by atoms with Crippen LogP contribution in [0.5, 0.6) is 0 Å². The van der Waals surface area contributed by atoms with E-state index in [1.165, 1.54) is 0 Å².